The number of pyridine rings is 1. The predicted octanol–water partition coefficient (Wildman–Crippen LogP) is 5.66. The van der Waals surface area contributed by atoms with Crippen LogP contribution < -0.4 is 10.3 Å². The van der Waals surface area contributed by atoms with E-state index in [0.717, 1.165) is 27.9 Å². The molecule has 0 spiro atoms. The van der Waals surface area contributed by atoms with Crippen LogP contribution in [-0.2, 0) is 0 Å². The molecule has 5 nitrogen and oxygen atoms in total. The van der Waals surface area contributed by atoms with Gasteiger partial charge >= 0.3 is 5.56 Å². The predicted molar refractivity (Wildman–Crippen MR) is 130 cm³/mol. The summed E-state index contributed by atoms with van der Waals surface area (Å²) < 4.78 is 7.07. The first-order valence-electron chi connectivity index (χ1n) is 10.1. The van der Waals surface area contributed by atoms with Crippen molar-refractivity contribution in [2.24, 2.45) is 0 Å². The highest BCUT2D eigenvalue weighted by molar-refractivity contribution is 7.15. The lowest BCUT2D eigenvalue weighted by molar-refractivity contribution is 0.404. The lowest BCUT2D eigenvalue weighted by Crippen LogP contribution is -2.18. The summed E-state index contributed by atoms with van der Waals surface area (Å²) in [4.78, 5) is 22.7. The van der Waals surface area contributed by atoms with Crippen molar-refractivity contribution in [3.8, 4) is 28.1 Å². The Morgan fingerprint density at radius 2 is 1.66 bits per heavy atom. The molecule has 0 atom stereocenters. The van der Waals surface area contributed by atoms with E-state index >= 15 is 0 Å². The molecule has 156 valence electrons. The van der Waals surface area contributed by atoms with Gasteiger partial charge in [0.25, 0.3) is 0 Å². The number of fused-ring (bicyclic) bond motifs is 1. The van der Waals surface area contributed by atoms with Crippen molar-refractivity contribution in [1.82, 2.24) is 14.4 Å². The van der Waals surface area contributed by atoms with Gasteiger partial charge in [0.1, 0.15) is 5.69 Å². The van der Waals surface area contributed by atoms with E-state index in [9.17, 15) is 4.79 Å². The smallest absolute Gasteiger partial charge is 0.302 e. The van der Waals surface area contributed by atoms with Gasteiger partial charge in [-0.1, -0.05) is 66.7 Å². The van der Waals surface area contributed by atoms with Gasteiger partial charge in [-0.3, -0.25) is 9.78 Å². The Morgan fingerprint density at radius 3 is 2.38 bits per heavy atom. The highest BCUT2D eigenvalue weighted by atomic mass is 32.1. The molecule has 0 unspecified atom stereocenters. The van der Waals surface area contributed by atoms with Crippen LogP contribution in [0.1, 0.15) is 11.3 Å². The second-order valence-corrected chi connectivity index (χ2v) is 7.97. The fraction of sp³-hybridized carbons (Fsp3) is 0.0385. The van der Waals surface area contributed by atoms with Crippen molar-refractivity contribution in [2.75, 3.05) is 7.11 Å². The van der Waals surface area contributed by atoms with Gasteiger partial charge in [0, 0.05) is 17.8 Å². The van der Waals surface area contributed by atoms with Crippen LogP contribution >= 0.6 is 11.3 Å². The number of hydrogen-bond donors (Lipinski definition) is 0. The molecule has 2 aromatic carbocycles. The maximum atomic E-state index is 13.3. The Hall–Kier alpha value is -4.03. The average Bonchev–Trinajstić information content (AvgIpc) is 3.28. The molecule has 0 saturated carbocycles. The van der Waals surface area contributed by atoms with Crippen LogP contribution in [0.25, 0.3) is 39.5 Å². The van der Waals surface area contributed by atoms with Crippen LogP contribution in [0.3, 0.4) is 0 Å². The van der Waals surface area contributed by atoms with E-state index in [0.29, 0.717) is 10.7 Å². The molecule has 0 radical (unpaired) electrons. The summed E-state index contributed by atoms with van der Waals surface area (Å²) in [5.74, 6) is 0.211. The molecule has 3 heterocycles. The van der Waals surface area contributed by atoms with Gasteiger partial charge < -0.3 is 4.74 Å². The third kappa shape index (κ3) is 3.72. The zero-order valence-corrected chi connectivity index (χ0v) is 18.1. The highest BCUT2D eigenvalue weighted by Gasteiger charge is 2.16. The summed E-state index contributed by atoms with van der Waals surface area (Å²) in [6, 6.07) is 22.2. The summed E-state index contributed by atoms with van der Waals surface area (Å²) >= 11 is 1.43. The molecule has 6 heteroatoms. The molecule has 5 rings (SSSR count). The molecule has 0 aliphatic heterocycles. The minimum atomic E-state index is -0.230. The number of benzene rings is 2. The summed E-state index contributed by atoms with van der Waals surface area (Å²) in [6.45, 7) is 0. The third-order valence-corrected chi connectivity index (χ3v) is 5.99. The second kappa shape index (κ2) is 8.61. The van der Waals surface area contributed by atoms with Gasteiger partial charge in [-0.15, -0.1) is 11.3 Å². The fourth-order valence-corrected chi connectivity index (χ4v) is 4.47. The first kappa shape index (κ1) is 19.9. The Kier molecular flexibility index (Phi) is 5.35. The molecule has 0 aliphatic carbocycles. The molecule has 0 fully saturated rings. The van der Waals surface area contributed by atoms with Crippen LogP contribution in [0.2, 0.25) is 0 Å². The van der Waals surface area contributed by atoms with Crippen molar-refractivity contribution in [2.45, 2.75) is 0 Å². The number of methoxy groups -OCH3 is 1. The van der Waals surface area contributed by atoms with E-state index in [1.807, 2.05) is 53.9 Å². The largest absolute Gasteiger partial charge is 0.490 e. The van der Waals surface area contributed by atoms with Crippen LogP contribution in [0.4, 0.5) is 0 Å². The normalized spacial score (nSPS) is 11.3. The summed E-state index contributed by atoms with van der Waals surface area (Å²) in [5.41, 5.74) is 5.20. The lowest BCUT2D eigenvalue weighted by Gasteiger charge is -2.08. The SMILES string of the molecule is COc1c(C=Cc2cccnc2)nc2scc(-c3ccc(-c4ccccc4)cc3)n2c1=O. The first-order valence-corrected chi connectivity index (χ1v) is 10.9. The second-order valence-electron chi connectivity index (χ2n) is 7.14. The number of thiazole rings is 1. The van der Waals surface area contributed by atoms with E-state index in [1.165, 1.54) is 18.4 Å². The number of nitrogens with zero attached hydrogens (tertiary/aromatic N) is 3. The Balaban J connectivity index is 1.56. The van der Waals surface area contributed by atoms with Gasteiger partial charge in [0.2, 0.25) is 5.75 Å². The van der Waals surface area contributed by atoms with Crippen molar-refractivity contribution in [3.63, 3.8) is 0 Å². The fourth-order valence-electron chi connectivity index (χ4n) is 3.57. The van der Waals surface area contributed by atoms with Gasteiger partial charge in [-0.25, -0.2) is 9.38 Å². The summed E-state index contributed by atoms with van der Waals surface area (Å²) in [6.07, 6.45) is 7.11. The van der Waals surface area contributed by atoms with Crippen molar-refractivity contribution in [1.29, 1.82) is 0 Å². The first-order chi connectivity index (χ1) is 15.7. The summed E-state index contributed by atoms with van der Waals surface area (Å²) in [5, 5.41) is 1.95. The zero-order chi connectivity index (χ0) is 21.9. The molecule has 5 aromatic rings. The minimum Gasteiger partial charge on any atom is -0.490 e. The summed E-state index contributed by atoms with van der Waals surface area (Å²) in [7, 11) is 1.49. The van der Waals surface area contributed by atoms with Gasteiger partial charge in [0.05, 0.1) is 12.8 Å². The highest BCUT2D eigenvalue weighted by Crippen LogP contribution is 2.29. The van der Waals surface area contributed by atoms with E-state index in [-0.39, 0.29) is 11.3 Å². The van der Waals surface area contributed by atoms with Gasteiger partial charge in [0.15, 0.2) is 4.96 Å². The maximum absolute atomic E-state index is 13.3. The van der Waals surface area contributed by atoms with E-state index in [2.05, 4.69) is 34.2 Å². The van der Waals surface area contributed by atoms with Crippen molar-refractivity contribution < 1.29 is 4.74 Å². The van der Waals surface area contributed by atoms with Gasteiger partial charge in [-0.2, -0.15) is 0 Å². The topological polar surface area (TPSA) is 56.5 Å². The Labute approximate surface area is 188 Å². The van der Waals surface area contributed by atoms with Crippen LogP contribution in [0.15, 0.2) is 89.3 Å². The molecule has 0 amide bonds. The van der Waals surface area contributed by atoms with E-state index in [4.69, 9.17) is 4.74 Å². The zero-order valence-electron chi connectivity index (χ0n) is 17.3. The molecule has 0 N–H and O–H groups in total. The molecule has 3 aromatic heterocycles. The maximum Gasteiger partial charge on any atom is 0.302 e. The Bertz CT molecular complexity index is 1450. The standard InChI is InChI=1S/C26H19N3O2S/c1-31-24-22(14-9-18-6-5-15-27-16-18)28-26-29(25(24)30)23(17-32-26)21-12-10-20(11-13-21)19-7-3-2-4-8-19/h2-17H,1H3. The van der Waals surface area contributed by atoms with E-state index in [1.54, 1.807) is 22.9 Å². The Morgan fingerprint density at radius 1 is 0.906 bits per heavy atom. The molecule has 0 saturated heterocycles. The lowest BCUT2D eigenvalue weighted by atomic mass is 10.0. The minimum absolute atomic E-state index is 0.211. The molecule has 32 heavy (non-hydrogen) atoms. The van der Waals surface area contributed by atoms with Crippen LogP contribution in [0.5, 0.6) is 5.75 Å². The van der Waals surface area contributed by atoms with Gasteiger partial charge in [-0.05, 0) is 34.4 Å². The van der Waals surface area contributed by atoms with E-state index < -0.39 is 0 Å². The monoisotopic (exact) mass is 437 g/mol. The number of ether oxygens (including phenoxy) is 1. The average molecular weight is 438 g/mol. The van der Waals surface area contributed by atoms with Crippen molar-refractivity contribution in [3.05, 3.63) is 106 Å². The molecular formula is C26H19N3O2S. The number of aromatic nitrogens is 3. The van der Waals surface area contributed by atoms with Crippen LogP contribution in [-0.4, -0.2) is 21.5 Å². The third-order valence-electron chi connectivity index (χ3n) is 5.16. The number of hydrogen-bond acceptors (Lipinski definition) is 5. The molecule has 0 bridgehead atoms. The van der Waals surface area contributed by atoms with Crippen LogP contribution in [0, 0.1) is 0 Å². The number of rotatable bonds is 5. The van der Waals surface area contributed by atoms with Crippen molar-refractivity contribution >= 4 is 28.4 Å². The quantitative estimate of drug-likeness (QED) is 0.356. The molecule has 0 aliphatic rings. The molecular weight excluding hydrogens is 418 g/mol.